The Morgan fingerprint density at radius 1 is 0.967 bits per heavy atom. The van der Waals surface area contributed by atoms with Crippen LogP contribution in [0.15, 0.2) is 60.8 Å². The van der Waals surface area contributed by atoms with Crippen molar-refractivity contribution in [2.24, 2.45) is 0 Å². The number of nitriles is 1. The summed E-state index contributed by atoms with van der Waals surface area (Å²) in [5.41, 5.74) is 6.59. The number of nitrogens with one attached hydrogen (secondary N) is 1. The summed E-state index contributed by atoms with van der Waals surface area (Å²) in [6.07, 6.45) is 1.84. The fourth-order valence-corrected chi connectivity index (χ4v) is 3.78. The molecule has 0 aliphatic rings. The number of rotatable bonds is 5. The van der Waals surface area contributed by atoms with Gasteiger partial charge in [-0.15, -0.1) is 0 Å². The van der Waals surface area contributed by atoms with Gasteiger partial charge in [-0.2, -0.15) is 15.2 Å². The third kappa shape index (κ3) is 3.42. The molecule has 0 saturated carbocycles. The van der Waals surface area contributed by atoms with Crippen molar-refractivity contribution < 1.29 is 9.78 Å². The maximum Gasteiger partial charge on any atom is 0.186 e. The molecule has 4 rings (SSSR count). The number of H-pyrrole nitrogens is 1. The second-order valence-corrected chi connectivity index (χ2v) is 7.91. The van der Waals surface area contributed by atoms with Gasteiger partial charge in [0.05, 0.1) is 24.4 Å². The predicted molar refractivity (Wildman–Crippen MR) is 117 cm³/mol. The molecule has 3 aromatic carbocycles. The summed E-state index contributed by atoms with van der Waals surface area (Å²) in [7, 11) is 1.43. The number of hydrogen-bond donors (Lipinski definition) is 1. The number of aromatic amines is 1. The number of nitrogens with zero attached hydrogens (tertiary/aromatic N) is 2. The first-order valence-electron chi connectivity index (χ1n) is 9.74. The van der Waals surface area contributed by atoms with Crippen molar-refractivity contribution in [3.63, 3.8) is 0 Å². The zero-order valence-corrected chi connectivity index (χ0v) is 17.5. The van der Waals surface area contributed by atoms with E-state index in [9.17, 15) is 5.26 Å². The Hall–Kier alpha value is -3.62. The number of hydrogen-bond acceptors (Lipinski definition) is 4. The molecule has 5 nitrogen and oxygen atoms in total. The minimum atomic E-state index is -0.283. The molecule has 1 heterocycles. The molecule has 1 aromatic heterocycles. The van der Waals surface area contributed by atoms with Gasteiger partial charge in [0, 0.05) is 10.8 Å². The number of aryl methyl sites for hydroxylation is 1. The largest absolute Gasteiger partial charge is 0.336 e. The van der Waals surface area contributed by atoms with Gasteiger partial charge in [0.15, 0.2) is 5.75 Å². The molecule has 0 aliphatic carbocycles. The van der Waals surface area contributed by atoms with E-state index in [1.54, 1.807) is 0 Å². The van der Waals surface area contributed by atoms with Gasteiger partial charge in [0.2, 0.25) is 0 Å². The minimum Gasteiger partial charge on any atom is -0.336 e. The molecular formula is C25H23N3O2. The Labute approximate surface area is 175 Å². The summed E-state index contributed by atoms with van der Waals surface area (Å²) >= 11 is 0. The van der Waals surface area contributed by atoms with E-state index in [-0.39, 0.29) is 5.41 Å². The van der Waals surface area contributed by atoms with E-state index in [1.165, 1.54) is 12.7 Å². The maximum atomic E-state index is 9.56. The van der Waals surface area contributed by atoms with Crippen LogP contribution < -0.4 is 4.89 Å². The number of aromatic nitrogens is 2. The SMILES string of the molecule is COOc1c(C)cc(C(C)(C)c2ccc(-c3ccc4[nH]ncc4c3)cc2)cc1C#N. The lowest BCUT2D eigenvalue weighted by molar-refractivity contribution is -0.178. The molecule has 4 aromatic rings. The van der Waals surface area contributed by atoms with Crippen LogP contribution in [0.5, 0.6) is 5.75 Å². The van der Waals surface area contributed by atoms with Crippen molar-refractivity contribution in [3.8, 4) is 22.9 Å². The molecule has 0 amide bonds. The molecule has 0 fully saturated rings. The van der Waals surface area contributed by atoms with Gasteiger partial charge in [-0.1, -0.05) is 50.2 Å². The average molecular weight is 397 g/mol. The molecule has 0 aliphatic heterocycles. The summed E-state index contributed by atoms with van der Waals surface area (Å²) in [5.74, 6) is 0.463. The van der Waals surface area contributed by atoms with Crippen molar-refractivity contribution in [2.45, 2.75) is 26.2 Å². The lowest BCUT2D eigenvalue weighted by Crippen LogP contribution is -2.19. The van der Waals surface area contributed by atoms with Gasteiger partial charge in [-0.3, -0.25) is 5.10 Å². The first kappa shape index (κ1) is 19.7. The smallest absolute Gasteiger partial charge is 0.186 e. The summed E-state index contributed by atoms with van der Waals surface area (Å²) in [6.45, 7) is 6.24. The van der Waals surface area contributed by atoms with E-state index < -0.39 is 0 Å². The van der Waals surface area contributed by atoms with Crippen LogP contribution >= 0.6 is 0 Å². The Morgan fingerprint density at radius 3 is 2.40 bits per heavy atom. The molecule has 5 heteroatoms. The monoisotopic (exact) mass is 397 g/mol. The van der Waals surface area contributed by atoms with Gasteiger partial charge in [0.25, 0.3) is 0 Å². The lowest BCUT2D eigenvalue weighted by atomic mass is 9.76. The van der Waals surface area contributed by atoms with E-state index >= 15 is 0 Å². The molecule has 0 spiro atoms. The highest BCUT2D eigenvalue weighted by atomic mass is 17.2. The standard InChI is InChI=1S/C25H23N3O2/c1-16-11-22(13-19(14-26)24(16)30-29-4)25(2,3)21-8-5-17(6-9-21)18-7-10-23-20(12-18)15-27-28-23/h5-13,15H,1-4H3,(H,27,28). The Kier molecular flexibility index (Phi) is 5.03. The molecule has 0 radical (unpaired) electrons. The third-order valence-electron chi connectivity index (χ3n) is 5.66. The fraction of sp³-hybridized carbons (Fsp3) is 0.200. The normalized spacial score (nSPS) is 11.4. The lowest BCUT2D eigenvalue weighted by Gasteiger charge is -2.27. The summed E-state index contributed by atoms with van der Waals surface area (Å²) < 4.78 is 0. The van der Waals surface area contributed by atoms with Crippen LogP contribution in [0.25, 0.3) is 22.0 Å². The van der Waals surface area contributed by atoms with Gasteiger partial charge in [0.1, 0.15) is 6.07 Å². The highest BCUT2D eigenvalue weighted by molar-refractivity contribution is 5.84. The van der Waals surface area contributed by atoms with Gasteiger partial charge < -0.3 is 4.89 Å². The second kappa shape index (κ2) is 7.66. The van der Waals surface area contributed by atoms with Crippen LogP contribution in [-0.4, -0.2) is 17.3 Å². The maximum absolute atomic E-state index is 9.56. The van der Waals surface area contributed by atoms with Crippen LogP contribution in [-0.2, 0) is 10.3 Å². The van der Waals surface area contributed by atoms with Crippen LogP contribution in [0.1, 0.15) is 36.1 Å². The molecular weight excluding hydrogens is 374 g/mol. The first-order valence-corrected chi connectivity index (χ1v) is 9.74. The quantitative estimate of drug-likeness (QED) is 0.348. The fourth-order valence-electron chi connectivity index (χ4n) is 3.78. The van der Waals surface area contributed by atoms with Crippen molar-refractivity contribution in [3.05, 3.63) is 83.0 Å². The van der Waals surface area contributed by atoms with Gasteiger partial charge in [-0.05, 0) is 52.9 Å². The summed E-state index contributed by atoms with van der Waals surface area (Å²) in [5, 5.41) is 17.7. The van der Waals surface area contributed by atoms with Crippen molar-refractivity contribution >= 4 is 10.9 Å². The van der Waals surface area contributed by atoms with E-state index in [0.717, 1.165) is 33.2 Å². The van der Waals surface area contributed by atoms with Crippen molar-refractivity contribution in [1.29, 1.82) is 5.26 Å². The average Bonchev–Trinajstić information content (AvgIpc) is 3.23. The van der Waals surface area contributed by atoms with Crippen LogP contribution in [0.2, 0.25) is 0 Å². The Bertz CT molecular complexity index is 1250. The zero-order valence-electron chi connectivity index (χ0n) is 17.5. The summed E-state index contributed by atoms with van der Waals surface area (Å²) in [6, 6.07) is 21.0. The molecule has 0 atom stereocenters. The number of fused-ring (bicyclic) bond motifs is 1. The van der Waals surface area contributed by atoms with E-state index in [4.69, 9.17) is 9.78 Å². The van der Waals surface area contributed by atoms with Gasteiger partial charge >= 0.3 is 0 Å². The van der Waals surface area contributed by atoms with Crippen LogP contribution in [0.4, 0.5) is 0 Å². The van der Waals surface area contributed by atoms with Crippen molar-refractivity contribution in [2.75, 3.05) is 7.11 Å². The molecule has 150 valence electrons. The molecule has 1 N–H and O–H groups in total. The number of benzene rings is 3. The minimum absolute atomic E-state index is 0.283. The Balaban J connectivity index is 1.69. The third-order valence-corrected chi connectivity index (χ3v) is 5.66. The molecule has 30 heavy (non-hydrogen) atoms. The van der Waals surface area contributed by atoms with Crippen LogP contribution in [0.3, 0.4) is 0 Å². The second-order valence-electron chi connectivity index (χ2n) is 7.91. The van der Waals surface area contributed by atoms with Crippen LogP contribution in [0, 0.1) is 18.3 Å². The predicted octanol–water partition coefficient (Wildman–Crippen LogP) is 5.68. The molecule has 0 unspecified atom stereocenters. The zero-order chi connectivity index (χ0) is 21.3. The van der Waals surface area contributed by atoms with Crippen molar-refractivity contribution in [1.82, 2.24) is 10.2 Å². The highest BCUT2D eigenvalue weighted by Crippen LogP contribution is 2.37. The summed E-state index contributed by atoms with van der Waals surface area (Å²) in [4.78, 5) is 9.97. The van der Waals surface area contributed by atoms with E-state index in [0.29, 0.717) is 11.3 Å². The van der Waals surface area contributed by atoms with E-state index in [1.807, 2.05) is 25.3 Å². The molecule has 0 bridgehead atoms. The topological polar surface area (TPSA) is 70.9 Å². The Morgan fingerprint density at radius 2 is 1.70 bits per heavy atom. The van der Waals surface area contributed by atoms with Gasteiger partial charge in [-0.25, -0.2) is 0 Å². The highest BCUT2D eigenvalue weighted by Gasteiger charge is 2.25. The molecule has 0 saturated heterocycles. The first-order chi connectivity index (χ1) is 14.4. The van der Waals surface area contributed by atoms with E-state index in [2.05, 4.69) is 72.6 Å².